The summed E-state index contributed by atoms with van der Waals surface area (Å²) in [5, 5.41) is 3.51. The van der Waals surface area contributed by atoms with E-state index >= 15 is 0 Å². The summed E-state index contributed by atoms with van der Waals surface area (Å²) < 4.78 is 5.53. The van der Waals surface area contributed by atoms with Crippen LogP contribution < -0.4 is 15.8 Å². The molecule has 0 radical (unpaired) electrons. The van der Waals surface area contributed by atoms with Crippen molar-refractivity contribution in [2.75, 3.05) is 13.2 Å². The van der Waals surface area contributed by atoms with Gasteiger partial charge in [-0.25, -0.2) is 0 Å². The molecule has 0 aliphatic carbocycles. The second-order valence-electron chi connectivity index (χ2n) is 5.32. The van der Waals surface area contributed by atoms with E-state index < -0.39 is 0 Å². The predicted molar refractivity (Wildman–Crippen MR) is 92.5 cm³/mol. The number of benzene rings is 2. The van der Waals surface area contributed by atoms with Crippen LogP contribution in [0.3, 0.4) is 0 Å². The molecule has 0 fully saturated rings. The van der Waals surface area contributed by atoms with Crippen LogP contribution in [0.15, 0.2) is 54.6 Å². The highest BCUT2D eigenvalue weighted by molar-refractivity contribution is 6.30. The lowest BCUT2D eigenvalue weighted by molar-refractivity contribution is -0.125. The molecule has 0 saturated heterocycles. The van der Waals surface area contributed by atoms with Gasteiger partial charge < -0.3 is 15.8 Å². The van der Waals surface area contributed by atoms with Crippen LogP contribution in [0.1, 0.15) is 18.5 Å². The second-order valence-corrected chi connectivity index (χ2v) is 5.75. The first-order valence-corrected chi connectivity index (χ1v) is 7.92. The van der Waals surface area contributed by atoms with Crippen LogP contribution in [0.2, 0.25) is 5.02 Å². The quantitative estimate of drug-likeness (QED) is 0.765. The maximum Gasteiger partial charge on any atom is 0.224 e. The van der Waals surface area contributed by atoms with Gasteiger partial charge in [0.25, 0.3) is 0 Å². The number of halogens is 1. The number of ether oxygens (including phenoxy) is 1. The number of rotatable bonds is 7. The molecule has 3 N–H and O–H groups in total. The molecule has 0 saturated carbocycles. The Kier molecular flexibility index (Phi) is 6.44. The number of carbonyl (C=O) groups is 1. The average molecular weight is 333 g/mol. The fourth-order valence-corrected chi connectivity index (χ4v) is 2.29. The first-order chi connectivity index (χ1) is 11.1. The summed E-state index contributed by atoms with van der Waals surface area (Å²) in [6.45, 7) is 2.64. The normalized spacial score (nSPS) is 13.2. The van der Waals surface area contributed by atoms with E-state index in [1.54, 1.807) is 24.3 Å². The lowest BCUT2D eigenvalue weighted by Gasteiger charge is -2.19. The van der Waals surface area contributed by atoms with Gasteiger partial charge in [0.15, 0.2) is 0 Å². The molecule has 0 bridgehead atoms. The molecular formula is C18H21ClN2O2. The second kappa shape index (κ2) is 8.56. The van der Waals surface area contributed by atoms with Gasteiger partial charge in [0, 0.05) is 11.1 Å². The SMILES string of the molecule is CC(C(=O)NCCOc1ccc(Cl)cc1)C(N)c1ccccc1. The molecule has 2 atom stereocenters. The van der Waals surface area contributed by atoms with E-state index in [-0.39, 0.29) is 17.9 Å². The van der Waals surface area contributed by atoms with E-state index in [2.05, 4.69) is 5.32 Å². The van der Waals surface area contributed by atoms with Gasteiger partial charge in [-0.2, -0.15) is 0 Å². The Bertz CT molecular complexity index is 617. The zero-order chi connectivity index (χ0) is 16.7. The third kappa shape index (κ3) is 5.27. The van der Waals surface area contributed by atoms with E-state index in [0.29, 0.717) is 18.2 Å². The summed E-state index contributed by atoms with van der Waals surface area (Å²) in [4.78, 5) is 12.1. The summed E-state index contributed by atoms with van der Waals surface area (Å²) >= 11 is 5.81. The van der Waals surface area contributed by atoms with Crippen LogP contribution in [0.4, 0.5) is 0 Å². The van der Waals surface area contributed by atoms with Crippen molar-refractivity contribution in [1.82, 2.24) is 5.32 Å². The predicted octanol–water partition coefficient (Wildman–Crippen LogP) is 3.17. The molecule has 4 nitrogen and oxygen atoms in total. The van der Waals surface area contributed by atoms with Crippen molar-refractivity contribution in [2.45, 2.75) is 13.0 Å². The third-order valence-corrected chi connectivity index (χ3v) is 3.87. The topological polar surface area (TPSA) is 64.3 Å². The van der Waals surface area contributed by atoms with Crippen LogP contribution in [0.25, 0.3) is 0 Å². The van der Waals surface area contributed by atoms with Crippen LogP contribution in [-0.2, 0) is 4.79 Å². The maximum atomic E-state index is 12.1. The minimum absolute atomic E-state index is 0.0824. The van der Waals surface area contributed by atoms with E-state index in [1.165, 1.54) is 0 Å². The van der Waals surface area contributed by atoms with E-state index in [9.17, 15) is 4.79 Å². The molecule has 0 spiro atoms. The van der Waals surface area contributed by atoms with Gasteiger partial charge in [0.1, 0.15) is 12.4 Å². The summed E-state index contributed by atoms with van der Waals surface area (Å²) in [5.41, 5.74) is 7.10. The molecular weight excluding hydrogens is 312 g/mol. The number of amides is 1. The standard InChI is InChI=1S/C18H21ClN2O2/c1-13(17(20)14-5-3-2-4-6-14)18(22)21-11-12-23-16-9-7-15(19)8-10-16/h2-10,13,17H,11-12,20H2,1H3,(H,21,22). The van der Waals surface area contributed by atoms with Gasteiger partial charge in [-0.1, -0.05) is 48.9 Å². The lowest BCUT2D eigenvalue weighted by Crippen LogP contribution is -2.37. The van der Waals surface area contributed by atoms with Gasteiger partial charge in [-0.3, -0.25) is 4.79 Å². The fraction of sp³-hybridized carbons (Fsp3) is 0.278. The first-order valence-electron chi connectivity index (χ1n) is 7.54. The van der Waals surface area contributed by atoms with Crippen molar-refractivity contribution in [3.05, 3.63) is 65.2 Å². The number of carbonyl (C=O) groups excluding carboxylic acids is 1. The van der Waals surface area contributed by atoms with Crippen LogP contribution in [-0.4, -0.2) is 19.1 Å². The molecule has 1 amide bonds. The number of nitrogens with two attached hydrogens (primary N) is 1. The van der Waals surface area contributed by atoms with Gasteiger partial charge in [0.2, 0.25) is 5.91 Å². The summed E-state index contributed by atoms with van der Waals surface area (Å²) in [5.74, 6) is 0.326. The molecule has 122 valence electrons. The van der Waals surface area contributed by atoms with Crippen molar-refractivity contribution in [2.24, 2.45) is 11.7 Å². The molecule has 23 heavy (non-hydrogen) atoms. The van der Waals surface area contributed by atoms with E-state index in [1.807, 2.05) is 37.3 Å². The molecule has 2 rings (SSSR count). The molecule has 0 aliphatic heterocycles. The highest BCUT2D eigenvalue weighted by atomic mass is 35.5. The first kappa shape index (κ1) is 17.3. The molecule has 2 unspecified atom stereocenters. The molecule has 2 aromatic carbocycles. The van der Waals surface area contributed by atoms with Crippen molar-refractivity contribution in [3.63, 3.8) is 0 Å². The molecule has 0 heterocycles. The monoisotopic (exact) mass is 332 g/mol. The van der Waals surface area contributed by atoms with Crippen LogP contribution >= 0.6 is 11.6 Å². The summed E-state index contributed by atoms with van der Waals surface area (Å²) in [7, 11) is 0. The zero-order valence-corrected chi connectivity index (χ0v) is 13.8. The minimum atomic E-state index is -0.326. The molecule has 2 aromatic rings. The molecule has 0 aliphatic rings. The van der Waals surface area contributed by atoms with Crippen molar-refractivity contribution < 1.29 is 9.53 Å². The van der Waals surface area contributed by atoms with Gasteiger partial charge >= 0.3 is 0 Å². The maximum absolute atomic E-state index is 12.1. The number of hydrogen-bond donors (Lipinski definition) is 2. The Morgan fingerprint density at radius 3 is 2.48 bits per heavy atom. The van der Waals surface area contributed by atoms with Gasteiger partial charge in [-0.15, -0.1) is 0 Å². The van der Waals surface area contributed by atoms with Crippen molar-refractivity contribution >= 4 is 17.5 Å². The van der Waals surface area contributed by atoms with Crippen LogP contribution in [0, 0.1) is 5.92 Å². The van der Waals surface area contributed by atoms with E-state index in [0.717, 1.165) is 11.3 Å². The zero-order valence-electron chi connectivity index (χ0n) is 13.0. The summed E-state index contributed by atoms with van der Waals surface area (Å²) in [6, 6.07) is 16.4. The Morgan fingerprint density at radius 2 is 1.83 bits per heavy atom. The van der Waals surface area contributed by atoms with Gasteiger partial charge in [0.05, 0.1) is 12.5 Å². The van der Waals surface area contributed by atoms with Crippen molar-refractivity contribution in [3.8, 4) is 5.75 Å². The largest absolute Gasteiger partial charge is 0.492 e. The minimum Gasteiger partial charge on any atom is -0.492 e. The Morgan fingerprint density at radius 1 is 1.17 bits per heavy atom. The number of hydrogen-bond acceptors (Lipinski definition) is 3. The van der Waals surface area contributed by atoms with E-state index in [4.69, 9.17) is 22.1 Å². The number of nitrogens with one attached hydrogen (secondary N) is 1. The smallest absolute Gasteiger partial charge is 0.224 e. The highest BCUT2D eigenvalue weighted by Gasteiger charge is 2.21. The van der Waals surface area contributed by atoms with Crippen molar-refractivity contribution in [1.29, 1.82) is 0 Å². The van der Waals surface area contributed by atoms with Crippen LogP contribution in [0.5, 0.6) is 5.75 Å². The van der Waals surface area contributed by atoms with Gasteiger partial charge in [-0.05, 0) is 29.8 Å². The Labute approximate surface area is 141 Å². The third-order valence-electron chi connectivity index (χ3n) is 3.62. The fourth-order valence-electron chi connectivity index (χ4n) is 2.16. The molecule has 0 aromatic heterocycles. The Hall–Kier alpha value is -2.04. The highest BCUT2D eigenvalue weighted by Crippen LogP contribution is 2.19. The molecule has 5 heteroatoms. The Balaban J connectivity index is 1.74. The summed E-state index contributed by atoms with van der Waals surface area (Å²) in [6.07, 6.45) is 0. The lowest BCUT2D eigenvalue weighted by atomic mass is 9.95. The average Bonchev–Trinajstić information content (AvgIpc) is 2.59.